The van der Waals surface area contributed by atoms with Crippen LogP contribution < -0.4 is 10.6 Å². The molecule has 1 aliphatic heterocycles. The second-order valence-corrected chi connectivity index (χ2v) is 5.45. The van der Waals surface area contributed by atoms with Crippen LogP contribution in [0.4, 0.5) is 18.9 Å². The van der Waals surface area contributed by atoms with Gasteiger partial charge in [-0.05, 0) is 24.1 Å². The Morgan fingerprint density at radius 3 is 2.50 bits per heavy atom. The van der Waals surface area contributed by atoms with E-state index in [1.165, 1.54) is 6.07 Å². The van der Waals surface area contributed by atoms with Gasteiger partial charge >= 0.3 is 0 Å². The predicted molar refractivity (Wildman–Crippen MR) is 80.9 cm³/mol. The van der Waals surface area contributed by atoms with Crippen molar-refractivity contribution < 1.29 is 22.8 Å². The van der Waals surface area contributed by atoms with Gasteiger partial charge in [-0.1, -0.05) is 6.07 Å². The Labute approximate surface area is 135 Å². The van der Waals surface area contributed by atoms with Crippen molar-refractivity contribution >= 4 is 17.5 Å². The molecule has 2 aromatic rings. The van der Waals surface area contributed by atoms with E-state index in [1.54, 1.807) is 12.1 Å². The molecule has 124 valence electrons. The molecule has 1 heterocycles. The molecule has 1 aliphatic rings. The molecule has 0 unspecified atom stereocenters. The highest BCUT2D eigenvalue weighted by Gasteiger charge is 2.17. The zero-order valence-corrected chi connectivity index (χ0v) is 12.5. The molecule has 0 saturated heterocycles. The number of hydrogen-bond donors (Lipinski definition) is 2. The maximum atomic E-state index is 13.6. The summed E-state index contributed by atoms with van der Waals surface area (Å²) >= 11 is 0. The molecule has 0 bridgehead atoms. The molecule has 2 N–H and O–H groups in total. The molecule has 0 atom stereocenters. The van der Waals surface area contributed by atoms with Gasteiger partial charge in [0.05, 0.1) is 0 Å². The zero-order valence-electron chi connectivity index (χ0n) is 12.5. The van der Waals surface area contributed by atoms with Crippen LogP contribution in [0.2, 0.25) is 0 Å². The highest BCUT2D eigenvalue weighted by molar-refractivity contribution is 5.98. The Morgan fingerprint density at radius 1 is 1.08 bits per heavy atom. The van der Waals surface area contributed by atoms with Crippen LogP contribution in [0.3, 0.4) is 0 Å². The second-order valence-electron chi connectivity index (χ2n) is 5.45. The third kappa shape index (κ3) is 3.24. The van der Waals surface area contributed by atoms with Crippen LogP contribution in [0.5, 0.6) is 0 Å². The number of carbonyl (C=O) groups is 2. The fourth-order valence-electron chi connectivity index (χ4n) is 2.52. The monoisotopic (exact) mass is 334 g/mol. The van der Waals surface area contributed by atoms with E-state index in [9.17, 15) is 22.8 Å². The topological polar surface area (TPSA) is 58.2 Å². The van der Waals surface area contributed by atoms with Crippen molar-refractivity contribution in [1.29, 1.82) is 0 Å². The average molecular weight is 334 g/mol. The summed E-state index contributed by atoms with van der Waals surface area (Å²) in [5.74, 6) is -3.84. The maximum Gasteiger partial charge on any atom is 0.251 e. The lowest BCUT2D eigenvalue weighted by molar-refractivity contribution is -0.116. The van der Waals surface area contributed by atoms with E-state index in [1.807, 2.05) is 0 Å². The average Bonchev–Trinajstić information content (AvgIpc) is 2.52. The smallest absolute Gasteiger partial charge is 0.251 e. The molecule has 2 aromatic carbocycles. The number of fused-ring (bicyclic) bond motifs is 1. The molecule has 0 aliphatic carbocycles. The minimum atomic E-state index is -1.06. The third-order valence-electron chi connectivity index (χ3n) is 3.80. The summed E-state index contributed by atoms with van der Waals surface area (Å²) in [4.78, 5) is 23.5. The SMILES string of the molecule is O=C1CCc2ccc(C(=O)NCc3c(F)cc(F)cc3F)cc2N1. The van der Waals surface area contributed by atoms with Crippen molar-refractivity contribution in [3.05, 3.63) is 64.5 Å². The predicted octanol–water partition coefficient (Wildman–Crippen LogP) is 2.92. The van der Waals surface area contributed by atoms with E-state index in [0.29, 0.717) is 30.7 Å². The van der Waals surface area contributed by atoms with Crippen LogP contribution in [0, 0.1) is 17.5 Å². The molecular formula is C17H13F3N2O2. The number of amides is 2. The Balaban J connectivity index is 1.74. The third-order valence-corrected chi connectivity index (χ3v) is 3.80. The lowest BCUT2D eigenvalue weighted by Gasteiger charge is -2.17. The Bertz CT molecular complexity index is 814. The number of aryl methyl sites for hydroxylation is 1. The lowest BCUT2D eigenvalue weighted by atomic mass is 10.0. The lowest BCUT2D eigenvalue weighted by Crippen LogP contribution is -2.25. The van der Waals surface area contributed by atoms with Crippen molar-refractivity contribution in [3.8, 4) is 0 Å². The quantitative estimate of drug-likeness (QED) is 0.907. The van der Waals surface area contributed by atoms with Gasteiger partial charge in [0.15, 0.2) is 0 Å². The highest BCUT2D eigenvalue weighted by Crippen LogP contribution is 2.23. The van der Waals surface area contributed by atoms with Gasteiger partial charge < -0.3 is 10.6 Å². The molecule has 2 amide bonds. The minimum absolute atomic E-state index is 0.129. The minimum Gasteiger partial charge on any atom is -0.348 e. The molecule has 0 radical (unpaired) electrons. The molecule has 24 heavy (non-hydrogen) atoms. The van der Waals surface area contributed by atoms with E-state index < -0.39 is 35.5 Å². The van der Waals surface area contributed by atoms with Crippen molar-refractivity contribution in [2.75, 3.05) is 5.32 Å². The molecule has 0 fully saturated rings. The van der Waals surface area contributed by atoms with E-state index in [2.05, 4.69) is 10.6 Å². The molecule has 3 rings (SSSR count). The number of benzene rings is 2. The van der Waals surface area contributed by atoms with Gasteiger partial charge in [0, 0.05) is 41.9 Å². The van der Waals surface area contributed by atoms with Gasteiger partial charge in [-0.15, -0.1) is 0 Å². The van der Waals surface area contributed by atoms with Gasteiger partial charge in [-0.2, -0.15) is 0 Å². The summed E-state index contributed by atoms with van der Waals surface area (Å²) in [5, 5.41) is 5.05. The van der Waals surface area contributed by atoms with Gasteiger partial charge in [-0.3, -0.25) is 9.59 Å². The van der Waals surface area contributed by atoms with Gasteiger partial charge in [0.1, 0.15) is 17.5 Å². The summed E-state index contributed by atoms with van der Waals surface area (Å²) in [7, 11) is 0. The standard InChI is InChI=1S/C17H13F3N2O2/c18-11-6-13(19)12(14(20)7-11)8-21-17(24)10-2-1-9-3-4-16(23)22-15(9)5-10/h1-2,5-7H,3-4,8H2,(H,21,24)(H,22,23). The summed E-state index contributed by atoms with van der Waals surface area (Å²) < 4.78 is 40.0. The first-order chi connectivity index (χ1) is 11.4. The number of nitrogens with one attached hydrogen (secondary N) is 2. The summed E-state index contributed by atoms with van der Waals surface area (Å²) in [5.41, 5.74) is 1.30. The van der Waals surface area contributed by atoms with Crippen molar-refractivity contribution in [3.63, 3.8) is 0 Å². The van der Waals surface area contributed by atoms with Crippen LogP contribution in [0.15, 0.2) is 30.3 Å². The van der Waals surface area contributed by atoms with E-state index >= 15 is 0 Å². The van der Waals surface area contributed by atoms with Gasteiger partial charge in [-0.25, -0.2) is 13.2 Å². The molecule has 0 aromatic heterocycles. The number of hydrogen-bond acceptors (Lipinski definition) is 2. The molecule has 0 spiro atoms. The fraction of sp³-hybridized carbons (Fsp3) is 0.176. The summed E-state index contributed by atoms with van der Waals surface area (Å²) in [6.07, 6.45) is 0.983. The first-order valence-corrected chi connectivity index (χ1v) is 7.28. The van der Waals surface area contributed by atoms with Crippen molar-refractivity contribution in [2.24, 2.45) is 0 Å². The van der Waals surface area contributed by atoms with Crippen LogP contribution >= 0.6 is 0 Å². The van der Waals surface area contributed by atoms with Crippen molar-refractivity contribution in [1.82, 2.24) is 5.32 Å². The second kappa shape index (κ2) is 6.35. The number of halogens is 3. The van der Waals surface area contributed by atoms with Crippen LogP contribution in [-0.2, 0) is 17.8 Å². The molecule has 0 saturated carbocycles. The summed E-state index contributed by atoms with van der Waals surface area (Å²) in [6.45, 7) is -0.416. The normalized spacial score (nSPS) is 13.2. The van der Waals surface area contributed by atoms with E-state index in [0.717, 1.165) is 5.56 Å². The van der Waals surface area contributed by atoms with Gasteiger partial charge in [0.2, 0.25) is 5.91 Å². The number of carbonyl (C=O) groups excluding carboxylic acids is 2. The molecule has 4 nitrogen and oxygen atoms in total. The number of anilines is 1. The Kier molecular flexibility index (Phi) is 4.24. The number of rotatable bonds is 3. The maximum absolute atomic E-state index is 13.6. The molecule has 7 heteroatoms. The van der Waals surface area contributed by atoms with Crippen LogP contribution in [0.25, 0.3) is 0 Å². The van der Waals surface area contributed by atoms with Gasteiger partial charge in [0.25, 0.3) is 5.91 Å². The largest absolute Gasteiger partial charge is 0.348 e. The van der Waals surface area contributed by atoms with Crippen molar-refractivity contribution in [2.45, 2.75) is 19.4 Å². The first kappa shape index (κ1) is 16.0. The fourth-order valence-corrected chi connectivity index (χ4v) is 2.52. The Morgan fingerprint density at radius 2 is 1.79 bits per heavy atom. The first-order valence-electron chi connectivity index (χ1n) is 7.28. The van der Waals surface area contributed by atoms with E-state index in [-0.39, 0.29) is 11.5 Å². The summed E-state index contributed by atoms with van der Waals surface area (Å²) in [6, 6.07) is 5.92. The van der Waals surface area contributed by atoms with Crippen LogP contribution in [-0.4, -0.2) is 11.8 Å². The van der Waals surface area contributed by atoms with Crippen LogP contribution in [0.1, 0.15) is 27.9 Å². The Hall–Kier alpha value is -2.83. The molecular weight excluding hydrogens is 321 g/mol. The van der Waals surface area contributed by atoms with E-state index in [4.69, 9.17) is 0 Å². The zero-order chi connectivity index (χ0) is 17.3. The highest BCUT2D eigenvalue weighted by atomic mass is 19.1.